The van der Waals surface area contributed by atoms with Crippen LogP contribution in [0, 0.1) is 17.2 Å². The minimum Gasteiger partial charge on any atom is -0.444 e. The van der Waals surface area contributed by atoms with Crippen LogP contribution in [-0.4, -0.2) is 23.8 Å². The van der Waals surface area contributed by atoms with Gasteiger partial charge in [-0.1, -0.05) is 182 Å². The summed E-state index contributed by atoms with van der Waals surface area (Å²) in [6.07, 6.45) is 0.416. The Balaban J connectivity index is 1.61. The Morgan fingerprint density at radius 1 is 0.457 bits per heavy atom. The fourth-order valence-corrected chi connectivity index (χ4v) is 14.3. The average Bonchev–Trinajstić information content (AvgIpc) is 3.15. The Kier molecular flexibility index (Phi) is 9.88. The number of rotatable bonds is 12. The molecule has 0 spiro atoms. The molecule has 0 radical (unpaired) electrons. The molecule has 1 unspecified atom stereocenters. The lowest BCUT2D eigenvalue weighted by molar-refractivity contribution is 0.426. The Morgan fingerprint density at radius 2 is 0.674 bits per heavy atom. The van der Waals surface area contributed by atoms with Gasteiger partial charge in [0.05, 0.1) is 6.07 Å². The van der Waals surface area contributed by atoms with E-state index in [1.165, 1.54) is 0 Å². The molecule has 224 valence electrons. The minimum absolute atomic E-state index is 0.298. The first-order valence-corrected chi connectivity index (χ1v) is 19.6. The first-order valence-electron chi connectivity index (χ1n) is 15.7. The van der Waals surface area contributed by atoms with E-state index in [-0.39, 0.29) is 5.92 Å². The van der Waals surface area contributed by atoms with Gasteiger partial charge in [0, 0.05) is 5.92 Å². The van der Waals surface area contributed by atoms with E-state index < -0.39 is 23.8 Å². The van der Waals surface area contributed by atoms with E-state index in [0.717, 1.165) is 31.1 Å². The molecule has 0 amide bonds. The summed E-state index contributed by atoms with van der Waals surface area (Å²) in [6.45, 7) is 1.95. The second kappa shape index (κ2) is 14.6. The third kappa shape index (κ3) is 6.32. The summed E-state index contributed by atoms with van der Waals surface area (Å²) < 4.78 is 15.4. The number of nitriles is 1. The van der Waals surface area contributed by atoms with Crippen molar-refractivity contribution in [3.63, 3.8) is 0 Å². The minimum atomic E-state index is -3.18. The summed E-state index contributed by atoms with van der Waals surface area (Å²) in [5, 5.41) is 16.9. The van der Waals surface area contributed by atoms with Gasteiger partial charge in [0.15, 0.2) is 0 Å². The van der Waals surface area contributed by atoms with Crippen LogP contribution in [0.1, 0.15) is 6.92 Å². The Hall–Kier alpha value is -4.77. The summed E-state index contributed by atoms with van der Waals surface area (Å²) in [4.78, 5) is 0. The molecule has 0 heterocycles. The van der Waals surface area contributed by atoms with Gasteiger partial charge in [0.2, 0.25) is 0 Å². The maximum atomic E-state index is 10.1. The number of benzene rings is 6. The topological polar surface area (TPSA) is 42.2 Å². The van der Waals surface area contributed by atoms with Crippen molar-refractivity contribution in [3.8, 4) is 6.07 Å². The summed E-state index contributed by atoms with van der Waals surface area (Å²) in [5.74, 6) is -0.298. The van der Waals surface area contributed by atoms with Crippen molar-refractivity contribution in [2.45, 2.75) is 13.2 Å². The molecule has 0 saturated heterocycles. The largest absolute Gasteiger partial charge is 0.444 e. The number of hydrogen-bond acceptors (Lipinski definition) is 3. The lowest BCUT2D eigenvalue weighted by Crippen LogP contribution is -2.75. The Bertz CT molecular complexity index is 1520. The van der Waals surface area contributed by atoms with E-state index >= 15 is 0 Å². The van der Waals surface area contributed by atoms with Crippen LogP contribution in [0.2, 0.25) is 6.32 Å². The van der Waals surface area contributed by atoms with E-state index in [1.54, 1.807) is 0 Å². The van der Waals surface area contributed by atoms with Crippen LogP contribution in [0.3, 0.4) is 0 Å². The predicted octanol–water partition coefficient (Wildman–Crippen LogP) is 5.00. The van der Waals surface area contributed by atoms with E-state index in [9.17, 15) is 5.26 Å². The lowest BCUT2D eigenvalue weighted by Gasteiger charge is -2.40. The monoisotopic (exact) mass is 629 g/mol. The van der Waals surface area contributed by atoms with E-state index in [0.29, 0.717) is 6.32 Å². The molecule has 0 aliphatic heterocycles. The van der Waals surface area contributed by atoms with Crippen molar-refractivity contribution in [1.29, 1.82) is 5.26 Å². The van der Waals surface area contributed by atoms with Crippen LogP contribution >= 0.6 is 0 Å². The smallest absolute Gasteiger partial charge is 0.437 e. The average molecular weight is 630 g/mol. The summed E-state index contributed by atoms with van der Waals surface area (Å²) in [6, 6.07) is 65.8. The highest BCUT2D eigenvalue weighted by Crippen LogP contribution is 2.21. The zero-order valence-electron chi connectivity index (χ0n) is 25.9. The molecular weight excluding hydrogens is 593 g/mol. The van der Waals surface area contributed by atoms with Crippen LogP contribution in [0.25, 0.3) is 0 Å². The third-order valence-electron chi connectivity index (χ3n) is 8.46. The molecule has 6 rings (SSSR count). The Morgan fingerprint density at radius 3 is 0.870 bits per heavy atom. The summed E-state index contributed by atoms with van der Waals surface area (Å²) in [5.41, 5.74) is 0. The number of nitrogens with zero attached hydrogens (tertiary/aromatic N) is 1. The van der Waals surface area contributed by atoms with Gasteiger partial charge in [-0.3, -0.25) is 0 Å². The maximum Gasteiger partial charge on any atom is 0.437 e. The molecule has 0 fully saturated rings. The van der Waals surface area contributed by atoms with E-state index in [4.69, 9.17) is 8.69 Å². The van der Waals surface area contributed by atoms with Crippen molar-refractivity contribution in [2.75, 3.05) is 0 Å². The highest BCUT2D eigenvalue weighted by molar-refractivity contribution is 7.12. The van der Waals surface area contributed by atoms with Gasteiger partial charge in [0.1, 0.15) is 0 Å². The quantitative estimate of drug-likeness (QED) is 0.141. The van der Waals surface area contributed by atoms with E-state index in [1.807, 2.05) is 43.3 Å². The van der Waals surface area contributed by atoms with Crippen molar-refractivity contribution in [1.82, 2.24) is 0 Å². The molecule has 1 atom stereocenters. The molecule has 6 aromatic rings. The van der Waals surface area contributed by atoms with Crippen LogP contribution in [0.15, 0.2) is 182 Å². The van der Waals surface area contributed by atoms with Crippen LogP contribution in [0.4, 0.5) is 0 Å². The standard InChI is InChI=1S/C40H36BNO2Si2/c1-34(33-42)32-41(43-45(35-20-8-2-9-21-35,36-22-10-3-11-23-36)37-24-12-4-13-25-37)44-46(38-26-14-5-15-27-38,39-28-16-6-17-29-39)40-30-18-7-19-31-40/h2-31,34H,32H2,1H3. The first-order chi connectivity index (χ1) is 22.7. The van der Waals surface area contributed by atoms with Crippen molar-refractivity contribution >= 4 is 54.9 Å². The van der Waals surface area contributed by atoms with Gasteiger partial charge in [0.25, 0.3) is 16.6 Å². The molecule has 0 bridgehead atoms. The van der Waals surface area contributed by atoms with Gasteiger partial charge in [-0.25, -0.2) is 0 Å². The van der Waals surface area contributed by atoms with Gasteiger partial charge in [-0.2, -0.15) is 5.26 Å². The summed E-state index contributed by atoms with van der Waals surface area (Å²) in [7, 11) is -7.06. The van der Waals surface area contributed by atoms with Crippen LogP contribution in [0.5, 0.6) is 0 Å². The highest BCUT2D eigenvalue weighted by Gasteiger charge is 2.50. The first kappa shape index (κ1) is 31.2. The molecule has 0 aliphatic carbocycles. The molecule has 0 aliphatic rings. The van der Waals surface area contributed by atoms with E-state index in [2.05, 4.69) is 152 Å². The third-order valence-corrected chi connectivity index (χ3v) is 16.6. The molecule has 0 saturated carbocycles. The zero-order valence-corrected chi connectivity index (χ0v) is 27.9. The predicted molar refractivity (Wildman–Crippen MR) is 195 cm³/mol. The Labute approximate surface area is 275 Å². The van der Waals surface area contributed by atoms with Gasteiger partial charge in [-0.15, -0.1) is 0 Å². The second-order valence-corrected chi connectivity index (χ2v) is 18.1. The molecule has 0 aromatic heterocycles. The molecule has 6 heteroatoms. The van der Waals surface area contributed by atoms with Crippen LogP contribution < -0.4 is 31.1 Å². The highest BCUT2D eigenvalue weighted by atomic mass is 28.4. The summed E-state index contributed by atoms with van der Waals surface area (Å²) >= 11 is 0. The maximum absolute atomic E-state index is 10.1. The van der Waals surface area contributed by atoms with Crippen molar-refractivity contribution in [2.24, 2.45) is 5.92 Å². The zero-order chi connectivity index (χ0) is 31.7. The van der Waals surface area contributed by atoms with Gasteiger partial charge in [-0.05, 0) is 44.4 Å². The van der Waals surface area contributed by atoms with Gasteiger partial charge >= 0.3 is 7.12 Å². The SMILES string of the molecule is CC(C#N)CB(O[Si](c1ccccc1)(c1ccccc1)c1ccccc1)O[Si](c1ccccc1)(c1ccccc1)c1ccccc1. The van der Waals surface area contributed by atoms with Gasteiger partial charge < -0.3 is 8.69 Å². The van der Waals surface area contributed by atoms with Crippen LogP contribution in [-0.2, 0) is 8.69 Å². The molecular formula is C40H36BNO2Si2. The molecule has 6 aromatic carbocycles. The number of hydrogen-bond donors (Lipinski definition) is 0. The fourth-order valence-electron chi connectivity index (χ4n) is 6.30. The van der Waals surface area contributed by atoms with Crippen molar-refractivity contribution < 1.29 is 8.69 Å². The normalized spacial score (nSPS) is 12.2. The molecule has 3 nitrogen and oxygen atoms in total. The molecule has 46 heavy (non-hydrogen) atoms. The second-order valence-electron chi connectivity index (χ2n) is 11.5. The lowest BCUT2D eigenvalue weighted by atomic mass is 9.80. The fraction of sp³-hybridized carbons (Fsp3) is 0.0750. The molecule has 0 N–H and O–H groups in total. The van der Waals surface area contributed by atoms with Crippen molar-refractivity contribution in [3.05, 3.63) is 182 Å².